The number of hydrogen-bond donors (Lipinski definition) is 1. The number of amides is 2. The monoisotopic (exact) mass is 541 g/mol. The van der Waals surface area contributed by atoms with Crippen LogP contribution in [0, 0.1) is 0 Å². The minimum Gasteiger partial charge on any atom is -0.488 e. The fourth-order valence-corrected chi connectivity index (χ4v) is 5.31. The van der Waals surface area contributed by atoms with Crippen molar-refractivity contribution in [2.45, 2.75) is 70.4 Å². The normalized spacial score (nSPS) is 21.0. The van der Waals surface area contributed by atoms with Gasteiger partial charge in [-0.05, 0) is 36.5 Å². The second-order valence-corrected chi connectivity index (χ2v) is 11.3. The summed E-state index contributed by atoms with van der Waals surface area (Å²) >= 11 is 1.31. The van der Waals surface area contributed by atoms with E-state index in [1.807, 2.05) is 31.5 Å². The molecule has 2 fully saturated rings. The standard InChI is InChI=1S/C25H30F3N3O5S/c1-24(2,3)20-14-31(12-16-5-4-10-35-16)22(37-20)29-21(32)18-11-15(25(26,27)28)6-7-19(18)36-17-8-9-30(13-17)23(33)34/h6-7,11,14,16-17H,4-5,8-10,12-13H2,1-3H3,(H,33,34)/b29-22-/t16-,17+/m1/s1. The summed E-state index contributed by atoms with van der Waals surface area (Å²) in [6.45, 7) is 7.53. The molecule has 8 nitrogen and oxygen atoms in total. The maximum Gasteiger partial charge on any atom is 0.416 e. The predicted molar refractivity (Wildman–Crippen MR) is 130 cm³/mol. The van der Waals surface area contributed by atoms with Crippen molar-refractivity contribution in [1.29, 1.82) is 0 Å². The van der Waals surface area contributed by atoms with E-state index in [0.29, 0.717) is 24.4 Å². The topological polar surface area (TPSA) is 93.4 Å². The van der Waals surface area contributed by atoms with Gasteiger partial charge in [-0.15, -0.1) is 11.3 Å². The van der Waals surface area contributed by atoms with E-state index in [9.17, 15) is 27.9 Å². The molecule has 202 valence electrons. The van der Waals surface area contributed by atoms with Crippen LogP contribution in [0.4, 0.5) is 18.0 Å². The molecule has 2 aliphatic rings. The van der Waals surface area contributed by atoms with E-state index in [2.05, 4.69) is 4.99 Å². The summed E-state index contributed by atoms with van der Waals surface area (Å²) in [5.41, 5.74) is -1.54. The summed E-state index contributed by atoms with van der Waals surface area (Å²) in [7, 11) is 0. The van der Waals surface area contributed by atoms with Gasteiger partial charge in [0.2, 0.25) is 0 Å². The quantitative estimate of drug-likeness (QED) is 0.580. The zero-order valence-corrected chi connectivity index (χ0v) is 21.7. The van der Waals surface area contributed by atoms with Crippen LogP contribution in [0.1, 0.15) is 60.8 Å². The highest BCUT2D eigenvalue weighted by Gasteiger charge is 2.33. The summed E-state index contributed by atoms with van der Waals surface area (Å²) in [6.07, 6.45) is -2.28. The van der Waals surface area contributed by atoms with Crippen LogP contribution in [0.15, 0.2) is 29.4 Å². The van der Waals surface area contributed by atoms with Gasteiger partial charge in [-0.25, -0.2) is 4.79 Å². The molecular weight excluding hydrogens is 511 g/mol. The van der Waals surface area contributed by atoms with Crippen molar-refractivity contribution in [1.82, 2.24) is 9.47 Å². The highest BCUT2D eigenvalue weighted by molar-refractivity contribution is 7.09. The fourth-order valence-electron chi connectivity index (χ4n) is 4.25. The number of alkyl halides is 3. The summed E-state index contributed by atoms with van der Waals surface area (Å²) in [5.74, 6) is -0.921. The summed E-state index contributed by atoms with van der Waals surface area (Å²) < 4.78 is 53.9. The van der Waals surface area contributed by atoms with E-state index in [1.54, 1.807) is 0 Å². The van der Waals surface area contributed by atoms with E-state index in [0.717, 1.165) is 40.8 Å². The molecule has 12 heteroatoms. The molecule has 1 aromatic carbocycles. The number of ether oxygens (including phenoxy) is 2. The second kappa shape index (κ2) is 10.5. The number of hydrogen-bond acceptors (Lipinski definition) is 5. The van der Waals surface area contributed by atoms with E-state index >= 15 is 0 Å². The Morgan fingerprint density at radius 2 is 2.00 bits per heavy atom. The Labute approximate surface area is 216 Å². The van der Waals surface area contributed by atoms with Crippen molar-refractivity contribution in [3.8, 4) is 5.75 Å². The number of thiazole rings is 1. The first-order valence-corrected chi connectivity index (χ1v) is 12.9. The van der Waals surface area contributed by atoms with Crippen LogP contribution in [0.3, 0.4) is 0 Å². The molecular formula is C25H30F3N3O5S. The molecule has 1 N–H and O–H groups in total. The van der Waals surface area contributed by atoms with E-state index in [-0.39, 0.29) is 35.9 Å². The third-order valence-electron chi connectivity index (χ3n) is 6.33. The maximum absolute atomic E-state index is 13.5. The Kier molecular flexibility index (Phi) is 7.70. The van der Waals surface area contributed by atoms with Gasteiger partial charge < -0.3 is 24.0 Å². The summed E-state index contributed by atoms with van der Waals surface area (Å²) in [5, 5.41) is 9.18. The number of halogens is 3. The molecule has 0 aliphatic carbocycles. The number of carbonyl (C=O) groups excluding carboxylic acids is 1. The van der Waals surface area contributed by atoms with Gasteiger partial charge in [-0.2, -0.15) is 18.2 Å². The summed E-state index contributed by atoms with van der Waals surface area (Å²) in [6, 6.07) is 2.69. The predicted octanol–water partition coefficient (Wildman–Crippen LogP) is 4.92. The van der Waals surface area contributed by atoms with Gasteiger partial charge in [0.1, 0.15) is 11.9 Å². The van der Waals surface area contributed by atoms with E-state index in [4.69, 9.17) is 9.47 Å². The Morgan fingerprint density at radius 3 is 2.59 bits per heavy atom. The zero-order valence-electron chi connectivity index (χ0n) is 20.9. The van der Waals surface area contributed by atoms with Crippen molar-refractivity contribution >= 4 is 23.3 Å². The van der Waals surface area contributed by atoms with Crippen molar-refractivity contribution in [3.63, 3.8) is 0 Å². The average Bonchev–Trinajstić information content (AvgIpc) is 3.55. The number of benzene rings is 1. The van der Waals surface area contributed by atoms with Crippen LogP contribution >= 0.6 is 11.3 Å². The Balaban J connectivity index is 1.71. The van der Waals surface area contributed by atoms with Crippen LogP contribution in [0.5, 0.6) is 5.75 Å². The van der Waals surface area contributed by atoms with Crippen LogP contribution in [0.25, 0.3) is 0 Å². The number of carboxylic acid groups (broad SMARTS) is 1. The number of aromatic nitrogens is 1. The van der Waals surface area contributed by atoms with Crippen molar-refractivity contribution in [2.24, 2.45) is 4.99 Å². The Bertz CT molecular complexity index is 1230. The third kappa shape index (κ3) is 6.53. The first kappa shape index (κ1) is 27.2. The number of nitrogens with zero attached hydrogens (tertiary/aromatic N) is 3. The lowest BCUT2D eigenvalue weighted by Gasteiger charge is -2.17. The van der Waals surface area contributed by atoms with Crippen LogP contribution < -0.4 is 9.54 Å². The van der Waals surface area contributed by atoms with Crippen LogP contribution in [-0.4, -0.2) is 58.5 Å². The molecule has 4 rings (SSSR count). The van der Waals surface area contributed by atoms with Crippen molar-refractivity contribution in [3.05, 3.63) is 45.2 Å². The molecule has 1 aromatic heterocycles. The van der Waals surface area contributed by atoms with Gasteiger partial charge in [-0.3, -0.25) is 4.79 Å². The lowest BCUT2D eigenvalue weighted by Crippen LogP contribution is -2.29. The fraction of sp³-hybridized carbons (Fsp3) is 0.560. The molecule has 2 aliphatic heterocycles. The lowest BCUT2D eigenvalue weighted by atomic mass is 9.95. The van der Waals surface area contributed by atoms with Gasteiger partial charge >= 0.3 is 12.3 Å². The molecule has 2 aromatic rings. The molecule has 37 heavy (non-hydrogen) atoms. The highest BCUT2D eigenvalue weighted by atomic mass is 32.1. The number of carbonyl (C=O) groups is 2. The van der Waals surface area contributed by atoms with E-state index in [1.165, 1.54) is 11.3 Å². The Hall–Kier alpha value is -2.86. The van der Waals surface area contributed by atoms with E-state index < -0.39 is 29.8 Å². The molecule has 0 saturated carbocycles. The average molecular weight is 542 g/mol. The molecule has 0 radical (unpaired) electrons. The smallest absolute Gasteiger partial charge is 0.416 e. The second-order valence-electron chi connectivity index (χ2n) is 10.3. The van der Waals surface area contributed by atoms with Crippen molar-refractivity contribution in [2.75, 3.05) is 19.7 Å². The number of rotatable bonds is 5. The molecule has 3 heterocycles. The van der Waals surface area contributed by atoms with Gasteiger partial charge in [-0.1, -0.05) is 20.8 Å². The summed E-state index contributed by atoms with van der Waals surface area (Å²) in [4.78, 5) is 31.3. The lowest BCUT2D eigenvalue weighted by molar-refractivity contribution is -0.137. The van der Waals surface area contributed by atoms with Gasteiger partial charge in [0.25, 0.3) is 5.91 Å². The molecule has 2 amide bonds. The van der Waals surface area contributed by atoms with Gasteiger partial charge in [0, 0.05) is 30.6 Å². The highest BCUT2D eigenvalue weighted by Crippen LogP contribution is 2.34. The number of likely N-dealkylation sites (tertiary alicyclic amines) is 1. The zero-order chi connectivity index (χ0) is 27.0. The van der Waals surface area contributed by atoms with Crippen LogP contribution in [0.2, 0.25) is 0 Å². The van der Waals surface area contributed by atoms with Crippen LogP contribution in [-0.2, 0) is 22.9 Å². The van der Waals surface area contributed by atoms with Gasteiger partial charge in [0.05, 0.1) is 30.3 Å². The van der Waals surface area contributed by atoms with Gasteiger partial charge in [0.15, 0.2) is 4.80 Å². The first-order chi connectivity index (χ1) is 17.3. The SMILES string of the molecule is CC(C)(C)c1cn(C[C@H]2CCCO2)/c(=N/C(=O)c2cc(C(F)(F)F)ccc2O[C@H]2CCN(C(=O)O)C2)s1. The minimum atomic E-state index is -4.66. The minimum absolute atomic E-state index is 0.0246. The Morgan fingerprint density at radius 1 is 1.24 bits per heavy atom. The maximum atomic E-state index is 13.5. The van der Waals surface area contributed by atoms with Crippen molar-refractivity contribution < 1.29 is 37.3 Å². The molecule has 2 saturated heterocycles. The molecule has 0 spiro atoms. The molecule has 2 atom stereocenters. The molecule has 0 unspecified atom stereocenters. The first-order valence-electron chi connectivity index (χ1n) is 12.1. The largest absolute Gasteiger partial charge is 0.488 e. The third-order valence-corrected chi connectivity index (χ3v) is 7.77. The molecule has 0 bridgehead atoms.